The van der Waals surface area contributed by atoms with Crippen LogP contribution in [0.15, 0.2) is 40.8 Å². The van der Waals surface area contributed by atoms with Crippen molar-refractivity contribution in [3.8, 4) is 5.75 Å². The van der Waals surface area contributed by atoms with Crippen molar-refractivity contribution in [3.63, 3.8) is 0 Å². The zero-order valence-electron chi connectivity index (χ0n) is 15.3. The quantitative estimate of drug-likeness (QED) is 0.436. The summed E-state index contributed by atoms with van der Waals surface area (Å²) in [6.45, 7) is 0.633. The van der Waals surface area contributed by atoms with Crippen molar-refractivity contribution >= 4 is 17.6 Å². The lowest BCUT2D eigenvalue weighted by molar-refractivity contribution is -0.424. The molecule has 1 saturated heterocycles. The molecule has 2 heterocycles. The lowest BCUT2D eigenvalue weighted by Crippen LogP contribution is -2.44. The fraction of sp³-hybridized carbons (Fsp3) is 0.389. The Hall–Kier alpha value is -2.88. The van der Waals surface area contributed by atoms with Gasteiger partial charge in [0, 0.05) is 39.0 Å². The van der Waals surface area contributed by atoms with Crippen LogP contribution in [0.5, 0.6) is 5.75 Å². The lowest BCUT2D eigenvalue weighted by Gasteiger charge is -2.37. The van der Waals surface area contributed by atoms with Crippen LogP contribution >= 0.6 is 11.6 Å². The van der Waals surface area contributed by atoms with E-state index < -0.39 is 28.6 Å². The number of hydrogen-bond acceptors (Lipinski definition) is 6. The van der Waals surface area contributed by atoms with E-state index >= 15 is 0 Å². The smallest absolute Gasteiger partial charge is 0.330 e. The number of hydrogen-bond donors (Lipinski definition) is 1. The molecule has 1 N–H and O–H groups in total. The Kier molecular flexibility index (Phi) is 5.92. The first kappa shape index (κ1) is 20.8. The molecule has 2 aliphatic heterocycles. The summed E-state index contributed by atoms with van der Waals surface area (Å²) < 4.78 is 32.4. The van der Waals surface area contributed by atoms with Gasteiger partial charge in [0.25, 0.3) is 0 Å². The maximum atomic E-state index is 13.8. The molecular weight excluding hydrogens is 412 g/mol. The van der Waals surface area contributed by atoms with Crippen LogP contribution in [-0.4, -0.2) is 58.1 Å². The SMILES string of the molecule is CN1C(Cl)=C([N+](=O)[O-])C(N2CCC(Oc3ccc(F)cc3F)CC2)=CC1C(=O)O. The number of benzene rings is 1. The maximum Gasteiger partial charge on any atom is 0.330 e. The summed E-state index contributed by atoms with van der Waals surface area (Å²) in [4.78, 5) is 25.2. The predicted molar refractivity (Wildman–Crippen MR) is 98.7 cm³/mol. The molecule has 8 nitrogen and oxygen atoms in total. The van der Waals surface area contributed by atoms with Gasteiger partial charge >= 0.3 is 11.7 Å². The zero-order chi connectivity index (χ0) is 21.3. The number of nitro groups is 1. The van der Waals surface area contributed by atoms with E-state index in [1.165, 1.54) is 19.2 Å². The molecule has 0 aromatic heterocycles. The van der Waals surface area contributed by atoms with Crippen molar-refractivity contribution in [1.82, 2.24) is 9.80 Å². The maximum absolute atomic E-state index is 13.8. The van der Waals surface area contributed by atoms with E-state index in [4.69, 9.17) is 16.3 Å². The average Bonchev–Trinajstić information content (AvgIpc) is 2.66. The fourth-order valence-corrected chi connectivity index (χ4v) is 3.63. The third-order valence-electron chi connectivity index (χ3n) is 4.89. The van der Waals surface area contributed by atoms with E-state index in [1.54, 1.807) is 4.90 Å². The second-order valence-electron chi connectivity index (χ2n) is 6.72. The summed E-state index contributed by atoms with van der Waals surface area (Å²) >= 11 is 6.08. The first-order chi connectivity index (χ1) is 13.7. The number of likely N-dealkylation sites (tertiary alicyclic amines) is 1. The molecule has 0 spiro atoms. The number of halogens is 3. The summed E-state index contributed by atoms with van der Waals surface area (Å²) in [5.74, 6) is -2.76. The van der Waals surface area contributed by atoms with Crippen molar-refractivity contribution in [2.24, 2.45) is 0 Å². The first-order valence-corrected chi connectivity index (χ1v) is 9.15. The van der Waals surface area contributed by atoms with Crippen LogP contribution in [-0.2, 0) is 4.79 Å². The monoisotopic (exact) mass is 429 g/mol. The van der Waals surface area contributed by atoms with Crippen LogP contribution in [0.2, 0.25) is 0 Å². The highest BCUT2D eigenvalue weighted by atomic mass is 35.5. The van der Waals surface area contributed by atoms with Gasteiger partial charge in [0.15, 0.2) is 16.7 Å². The Labute approximate surface area is 169 Å². The van der Waals surface area contributed by atoms with Gasteiger partial charge in [0.05, 0.1) is 4.92 Å². The molecule has 11 heteroatoms. The van der Waals surface area contributed by atoms with E-state index in [2.05, 4.69) is 0 Å². The molecular formula is C18H18ClF2N3O5. The summed E-state index contributed by atoms with van der Waals surface area (Å²) in [6, 6.07) is 1.90. The second kappa shape index (κ2) is 8.24. The third kappa shape index (κ3) is 4.26. The van der Waals surface area contributed by atoms with Crippen molar-refractivity contribution in [2.45, 2.75) is 25.0 Å². The predicted octanol–water partition coefficient (Wildman–Crippen LogP) is 2.78. The minimum Gasteiger partial charge on any atom is -0.487 e. The van der Waals surface area contributed by atoms with Crippen molar-refractivity contribution in [2.75, 3.05) is 20.1 Å². The number of aliphatic carboxylic acids is 1. The van der Waals surface area contributed by atoms with Crippen molar-refractivity contribution in [3.05, 3.63) is 62.6 Å². The van der Waals surface area contributed by atoms with E-state index in [0.717, 1.165) is 17.0 Å². The van der Waals surface area contributed by atoms with Gasteiger partial charge in [0.1, 0.15) is 23.7 Å². The molecule has 3 rings (SSSR count). The van der Waals surface area contributed by atoms with Gasteiger partial charge in [-0.3, -0.25) is 10.1 Å². The molecule has 1 aromatic carbocycles. The van der Waals surface area contributed by atoms with Crippen LogP contribution in [0.4, 0.5) is 8.78 Å². The van der Waals surface area contributed by atoms with E-state index in [9.17, 15) is 28.8 Å². The van der Waals surface area contributed by atoms with Gasteiger partial charge < -0.3 is 19.6 Å². The second-order valence-corrected chi connectivity index (χ2v) is 7.08. The third-order valence-corrected chi connectivity index (χ3v) is 5.33. The van der Waals surface area contributed by atoms with E-state index in [0.29, 0.717) is 25.9 Å². The molecule has 1 aromatic rings. The highest BCUT2D eigenvalue weighted by molar-refractivity contribution is 6.29. The van der Waals surface area contributed by atoms with Gasteiger partial charge in [-0.2, -0.15) is 0 Å². The van der Waals surface area contributed by atoms with Crippen LogP contribution < -0.4 is 4.74 Å². The van der Waals surface area contributed by atoms with E-state index in [1.807, 2.05) is 0 Å². The number of carbonyl (C=O) groups is 1. The molecule has 0 amide bonds. The summed E-state index contributed by atoms with van der Waals surface area (Å²) in [7, 11) is 1.37. The molecule has 156 valence electrons. The average molecular weight is 430 g/mol. The molecule has 0 saturated carbocycles. The van der Waals surface area contributed by atoms with Crippen molar-refractivity contribution in [1.29, 1.82) is 0 Å². The lowest BCUT2D eigenvalue weighted by atomic mass is 10.0. The largest absolute Gasteiger partial charge is 0.487 e. The molecule has 0 aliphatic carbocycles. The zero-order valence-corrected chi connectivity index (χ0v) is 16.1. The molecule has 1 unspecified atom stereocenters. The Bertz CT molecular complexity index is 899. The number of nitrogens with zero attached hydrogens (tertiary/aromatic N) is 3. The van der Waals surface area contributed by atoms with Crippen LogP contribution in [0.3, 0.4) is 0 Å². The van der Waals surface area contributed by atoms with Gasteiger partial charge in [-0.15, -0.1) is 0 Å². The molecule has 1 atom stereocenters. The van der Waals surface area contributed by atoms with Crippen LogP contribution in [0, 0.1) is 21.7 Å². The minimum atomic E-state index is -1.18. The normalized spacial score (nSPS) is 20.6. The highest BCUT2D eigenvalue weighted by Gasteiger charge is 2.39. The summed E-state index contributed by atoms with van der Waals surface area (Å²) in [5, 5.41) is 20.7. The topological polar surface area (TPSA) is 96.1 Å². The number of ether oxygens (including phenoxy) is 1. The standard InChI is InChI=1S/C18H18ClF2N3O5/c1-22-14(18(25)26)9-13(16(17(22)19)24(27)28)23-6-4-11(5-7-23)29-15-3-2-10(20)8-12(15)21/h2-3,8-9,11,14H,4-7H2,1H3,(H,25,26). The van der Waals surface area contributed by atoms with Gasteiger partial charge in [0.2, 0.25) is 0 Å². The Morgan fingerprint density at radius 2 is 2.00 bits per heavy atom. The Morgan fingerprint density at radius 3 is 2.55 bits per heavy atom. The van der Waals surface area contributed by atoms with Gasteiger partial charge in [-0.05, 0) is 18.2 Å². The molecule has 2 aliphatic rings. The number of likely N-dealkylation sites (N-methyl/N-ethyl adjacent to an activating group) is 1. The number of carboxylic acids is 1. The van der Waals surface area contributed by atoms with Gasteiger partial charge in [-0.25, -0.2) is 13.6 Å². The fourth-order valence-electron chi connectivity index (χ4n) is 3.36. The molecule has 29 heavy (non-hydrogen) atoms. The highest BCUT2D eigenvalue weighted by Crippen LogP contribution is 2.33. The van der Waals surface area contributed by atoms with Crippen LogP contribution in [0.25, 0.3) is 0 Å². The number of carboxylic acid groups (broad SMARTS) is 1. The first-order valence-electron chi connectivity index (χ1n) is 8.77. The molecule has 0 radical (unpaired) electrons. The minimum absolute atomic E-state index is 0.0665. The van der Waals surface area contributed by atoms with Crippen molar-refractivity contribution < 1.29 is 28.3 Å². The van der Waals surface area contributed by atoms with E-state index in [-0.39, 0.29) is 28.4 Å². The molecule has 0 bridgehead atoms. The van der Waals surface area contributed by atoms with Gasteiger partial charge in [-0.1, -0.05) is 11.6 Å². The Balaban J connectivity index is 1.75. The number of rotatable bonds is 5. The summed E-state index contributed by atoms with van der Waals surface area (Å²) in [6.07, 6.45) is 1.74. The Morgan fingerprint density at radius 1 is 1.34 bits per heavy atom. The summed E-state index contributed by atoms with van der Waals surface area (Å²) in [5.41, 5.74) is -0.229. The van der Waals surface area contributed by atoms with Crippen LogP contribution in [0.1, 0.15) is 12.8 Å². The molecule has 1 fully saturated rings. The number of piperidine rings is 1.